The van der Waals surface area contributed by atoms with E-state index in [9.17, 15) is 0 Å². The summed E-state index contributed by atoms with van der Waals surface area (Å²) in [6, 6.07) is 14.0. The normalized spacial score (nSPS) is 11.3. The van der Waals surface area contributed by atoms with Gasteiger partial charge in [0.2, 0.25) is 5.89 Å². The predicted molar refractivity (Wildman–Crippen MR) is 94.2 cm³/mol. The van der Waals surface area contributed by atoms with Crippen LogP contribution in [0.15, 0.2) is 51.4 Å². The maximum absolute atomic E-state index is 5.84. The first-order chi connectivity index (χ1) is 10.6. The van der Waals surface area contributed by atoms with Crippen LogP contribution in [0.3, 0.4) is 0 Å². The summed E-state index contributed by atoms with van der Waals surface area (Å²) in [6.07, 6.45) is 0. The Morgan fingerprint density at radius 2 is 2.05 bits per heavy atom. The first-order valence-corrected chi connectivity index (χ1v) is 7.96. The maximum Gasteiger partial charge on any atom is 0.227 e. The Morgan fingerprint density at radius 3 is 2.82 bits per heavy atom. The minimum absolute atomic E-state index is 0.641. The van der Waals surface area contributed by atoms with E-state index in [0.29, 0.717) is 5.89 Å². The molecule has 0 saturated heterocycles. The molecule has 0 unspecified atom stereocenters. The van der Waals surface area contributed by atoms with Crippen molar-refractivity contribution in [3.8, 4) is 11.5 Å². The van der Waals surface area contributed by atoms with E-state index in [1.165, 1.54) is 0 Å². The molecule has 0 radical (unpaired) electrons. The lowest BCUT2D eigenvalue weighted by molar-refractivity contribution is 0.425. The Morgan fingerprint density at radius 1 is 1.18 bits per heavy atom. The third kappa shape index (κ3) is 3.48. The fourth-order valence-corrected chi connectivity index (χ4v) is 2.61. The van der Waals surface area contributed by atoms with Crippen LogP contribution in [-0.4, -0.2) is 37.1 Å². The van der Waals surface area contributed by atoms with E-state index in [2.05, 4.69) is 45.2 Å². The fourth-order valence-electron chi connectivity index (χ4n) is 2.21. The number of fused-ring (bicyclic) bond motifs is 1. The van der Waals surface area contributed by atoms with Crippen LogP contribution in [0.5, 0.6) is 0 Å². The molecule has 2 aromatic carbocycles. The molecule has 0 saturated carbocycles. The topological polar surface area (TPSA) is 41.3 Å². The van der Waals surface area contributed by atoms with Gasteiger partial charge in [-0.3, -0.25) is 0 Å². The maximum atomic E-state index is 5.84. The van der Waals surface area contributed by atoms with Crippen LogP contribution in [0.1, 0.15) is 0 Å². The van der Waals surface area contributed by atoms with Crippen molar-refractivity contribution in [2.24, 2.45) is 0 Å². The second-order valence-electron chi connectivity index (χ2n) is 5.44. The number of anilines is 1. The molecule has 3 aromatic rings. The van der Waals surface area contributed by atoms with Crippen molar-refractivity contribution in [2.75, 3.05) is 32.5 Å². The summed E-state index contributed by atoms with van der Waals surface area (Å²) >= 11 is 3.47. The summed E-state index contributed by atoms with van der Waals surface area (Å²) in [5.41, 5.74) is 3.69. The monoisotopic (exact) mass is 359 g/mol. The molecule has 0 aliphatic rings. The van der Waals surface area contributed by atoms with Crippen LogP contribution in [0.25, 0.3) is 22.6 Å². The minimum Gasteiger partial charge on any atom is -0.436 e. The van der Waals surface area contributed by atoms with Gasteiger partial charge in [0.25, 0.3) is 0 Å². The number of oxazole rings is 1. The van der Waals surface area contributed by atoms with Gasteiger partial charge in [0.1, 0.15) is 5.52 Å². The molecule has 1 aromatic heterocycles. The van der Waals surface area contributed by atoms with Gasteiger partial charge < -0.3 is 14.6 Å². The Balaban J connectivity index is 1.84. The van der Waals surface area contributed by atoms with Crippen molar-refractivity contribution in [3.63, 3.8) is 0 Å². The summed E-state index contributed by atoms with van der Waals surface area (Å²) in [5.74, 6) is 0.641. The molecule has 0 aliphatic carbocycles. The molecule has 0 fully saturated rings. The van der Waals surface area contributed by atoms with Crippen molar-refractivity contribution in [1.82, 2.24) is 9.88 Å². The molecule has 5 heteroatoms. The van der Waals surface area contributed by atoms with Crippen LogP contribution in [0.4, 0.5) is 5.69 Å². The summed E-state index contributed by atoms with van der Waals surface area (Å²) < 4.78 is 6.85. The first kappa shape index (κ1) is 15.1. The molecule has 0 amide bonds. The summed E-state index contributed by atoms with van der Waals surface area (Å²) in [7, 11) is 4.12. The zero-order chi connectivity index (χ0) is 15.5. The van der Waals surface area contributed by atoms with Gasteiger partial charge in [0, 0.05) is 28.8 Å². The Labute approximate surface area is 138 Å². The minimum atomic E-state index is 0.641. The van der Waals surface area contributed by atoms with Crippen molar-refractivity contribution in [2.45, 2.75) is 0 Å². The average Bonchev–Trinajstić information content (AvgIpc) is 2.90. The molecule has 0 aliphatic heterocycles. The van der Waals surface area contributed by atoms with E-state index in [-0.39, 0.29) is 0 Å². The van der Waals surface area contributed by atoms with Gasteiger partial charge in [-0.15, -0.1) is 0 Å². The quantitative estimate of drug-likeness (QED) is 0.739. The van der Waals surface area contributed by atoms with E-state index in [0.717, 1.165) is 39.9 Å². The Kier molecular flexibility index (Phi) is 4.45. The highest BCUT2D eigenvalue weighted by Crippen LogP contribution is 2.27. The summed E-state index contributed by atoms with van der Waals surface area (Å²) in [4.78, 5) is 6.74. The van der Waals surface area contributed by atoms with E-state index in [4.69, 9.17) is 4.42 Å². The molecule has 4 nitrogen and oxygen atoms in total. The molecule has 114 valence electrons. The zero-order valence-electron chi connectivity index (χ0n) is 12.6. The predicted octanol–water partition coefficient (Wildman–Crippen LogP) is 4.23. The molecular formula is C17H18BrN3O. The van der Waals surface area contributed by atoms with Crippen molar-refractivity contribution in [3.05, 3.63) is 46.9 Å². The lowest BCUT2D eigenvalue weighted by Crippen LogP contribution is -2.20. The number of aromatic nitrogens is 1. The SMILES string of the molecule is CN(C)CCNc1ccc2oc(-c3cccc(Br)c3)nc2c1. The van der Waals surface area contributed by atoms with Crippen LogP contribution >= 0.6 is 15.9 Å². The number of nitrogens with one attached hydrogen (secondary N) is 1. The van der Waals surface area contributed by atoms with E-state index in [1.54, 1.807) is 0 Å². The second-order valence-corrected chi connectivity index (χ2v) is 6.36. The van der Waals surface area contributed by atoms with Crippen LogP contribution in [-0.2, 0) is 0 Å². The van der Waals surface area contributed by atoms with Gasteiger partial charge in [-0.1, -0.05) is 22.0 Å². The summed E-state index contributed by atoms with van der Waals surface area (Å²) in [5, 5.41) is 3.40. The summed E-state index contributed by atoms with van der Waals surface area (Å²) in [6.45, 7) is 1.88. The number of hydrogen-bond acceptors (Lipinski definition) is 4. The van der Waals surface area contributed by atoms with Crippen molar-refractivity contribution < 1.29 is 4.42 Å². The lowest BCUT2D eigenvalue weighted by atomic mass is 10.2. The zero-order valence-corrected chi connectivity index (χ0v) is 14.2. The lowest BCUT2D eigenvalue weighted by Gasteiger charge is -2.10. The third-order valence-corrected chi connectivity index (χ3v) is 3.84. The number of likely N-dealkylation sites (N-methyl/N-ethyl adjacent to an activating group) is 1. The van der Waals surface area contributed by atoms with E-state index < -0.39 is 0 Å². The first-order valence-electron chi connectivity index (χ1n) is 7.17. The molecule has 3 rings (SSSR count). The number of nitrogens with zero attached hydrogens (tertiary/aromatic N) is 2. The Bertz CT molecular complexity index is 782. The van der Waals surface area contributed by atoms with Gasteiger partial charge in [-0.05, 0) is 50.5 Å². The van der Waals surface area contributed by atoms with Gasteiger partial charge in [-0.2, -0.15) is 0 Å². The van der Waals surface area contributed by atoms with Crippen molar-refractivity contribution in [1.29, 1.82) is 0 Å². The van der Waals surface area contributed by atoms with Gasteiger partial charge in [-0.25, -0.2) is 4.98 Å². The smallest absolute Gasteiger partial charge is 0.227 e. The highest BCUT2D eigenvalue weighted by molar-refractivity contribution is 9.10. The molecule has 1 N–H and O–H groups in total. The van der Waals surface area contributed by atoms with Crippen molar-refractivity contribution >= 4 is 32.7 Å². The Hall–Kier alpha value is -1.85. The van der Waals surface area contributed by atoms with Crippen LogP contribution < -0.4 is 5.32 Å². The van der Waals surface area contributed by atoms with Crippen LogP contribution in [0, 0.1) is 0 Å². The average molecular weight is 360 g/mol. The molecule has 0 atom stereocenters. The second kappa shape index (κ2) is 6.50. The van der Waals surface area contributed by atoms with Gasteiger partial charge in [0.05, 0.1) is 0 Å². The molecule has 1 heterocycles. The standard InChI is InChI=1S/C17H18BrN3O/c1-21(2)9-8-19-14-6-7-16-15(11-14)20-17(22-16)12-4-3-5-13(18)10-12/h3-7,10-11,19H,8-9H2,1-2H3. The van der Waals surface area contributed by atoms with Crippen LogP contribution in [0.2, 0.25) is 0 Å². The molecular weight excluding hydrogens is 342 g/mol. The molecule has 0 bridgehead atoms. The highest BCUT2D eigenvalue weighted by Gasteiger charge is 2.09. The van der Waals surface area contributed by atoms with E-state index in [1.807, 2.05) is 42.5 Å². The number of hydrogen-bond donors (Lipinski definition) is 1. The van der Waals surface area contributed by atoms with Gasteiger partial charge in [0.15, 0.2) is 5.58 Å². The number of benzene rings is 2. The highest BCUT2D eigenvalue weighted by atomic mass is 79.9. The number of rotatable bonds is 5. The van der Waals surface area contributed by atoms with Gasteiger partial charge >= 0.3 is 0 Å². The van der Waals surface area contributed by atoms with E-state index >= 15 is 0 Å². The number of halogens is 1. The molecule has 22 heavy (non-hydrogen) atoms. The molecule has 0 spiro atoms. The third-order valence-electron chi connectivity index (χ3n) is 3.35. The largest absolute Gasteiger partial charge is 0.436 e. The fraction of sp³-hybridized carbons (Fsp3) is 0.235.